The number of halogens is 1. The Morgan fingerprint density at radius 3 is 2.72 bits per heavy atom. The van der Waals surface area contributed by atoms with Crippen LogP contribution in [0, 0.1) is 11.7 Å². The molecule has 0 bridgehead atoms. The fraction of sp³-hybridized carbons (Fsp3) is 0.211. The van der Waals surface area contributed by atoms with Crippen LogP contribution in [0.15, 0.2) is 61.2 Å². The van der Waals surface area contributed by atoms with Crippen molar-refractivity contribution >= 4 is 11.6 Å². The predicted molar refractivity (Wildman–Crippen MR) is 91.4 cm³/mol. The van der Waals surface area contributed by atoms with Gasteiger partial charge < -0.3 is 5.32 Å². The molecule has 1 aliphatic rings. The van der Waals surface area contributed by atoms with E-state index in [2.05, 4.69) is 15.4 Å². The molecule has 6 heteroatoms. The lowest BCUT2D eigenvalue weighted by atomic mass is 10.1. The van der Waals surface area contributed by atoms with Crippen LogP contribution in [0.3, 0.4) is 0 Å². The van der Waals surface area contributed by atoms with Gasteiger partial charge in [0.05, 0.1) is 6.54 Å². The van der Waals surface area contributed by atoms with E-state index in [9.17, 15) is 9.18 Å². The van der Waals surface area contributed by atoms with Gasteiger partial charge in [-0.15, -0.1) is 0 Å². The maximum absolute atomic E-state index is 13.8. The molecule has 1 fully saturated rings. The van der Waals surface area contributed by atoms with Crippen molar-refractivity contribution in [1.29, 1.82) is 0 Å². The smallest absolute Gasteiger partial charge is 0.228 e. The summed E-state index contributed by atoms with van der Waals surface area (Å²) >= 11 is 0. The van der Waals surface area contributed by atoms with Crippen LogP contribution in [0.1, 0.15) is 23.5 Å². The summed E-state index contributed by atoms with van der Waals surface area (Å²) in [7, 11) is 0. The van der Waals surface area contributed by atoms with E-state index in [1.165, 1.54) is 12.4 Å². The van der Waals surface area contributed by atoms with Crippen LogP contribution in [0.5, 0.6) is 0 Å². The Hall–Kier alpha value is -3.02. The molecular formula is C19H17FN4O. The highest BCUT2D eigenvalue weighted by Gasteiger charge is 2.45. The number of nitrogens with zero attached hydrogens (tertiary/aromatic N) is 3. The molecule has 1 N–H and O–H groups in total. The number of anilines is 1. The lowest BCUT2D eigenvalue weighted by Crippen LogP contribution is -2.14. The minimum absolute atomic E-state index is 0.0206. The number of hydrogen-bond donors (Lipinski definition) is 1. The highest BCUT2D eigenvalue weighted by molar-refractivity contribution is 5.95. The lowest BCUT2D eigenvalue weighted by Gasteiger charge is -2.07. The van der Waals surface area contributed by atoms with Gasteiger partial charge in [-0.1, -0.05) is 30.3 Å². The molecule has 1 aromatic heterocycles. The van der Waals surface area contributed by atoms with Crippen molar-refractivity contribution in [3.8, 4) is 0 Å². The molecule has 1 amide bonds. The number of carbonyl (C=O) groups is 1. The Morgan fingerprint density at radius 2 is 2.00 bits per heavy atom. The van der Waals surface area contributed by atoms with Crippen LogP contribution >= 0.6 is 0 Å². The second kappa shape index (κ2) is 6.47. The van der Waals surface area contributed by atoms with Crippen LogP contribution in [-0.2, 0) is 11.3 Å². The summed E-state index contributed by atoms with van der Waals surface area (Å²) in [6, 6.07) is 14.3. The summed E-state index contributed by atoms with van der Waals surface area (Å²) in [5.41, 5.74) is 2.44. The number of aromatic nitrogens is 3. The van der Waals surface area contributed by atoms with E-state index in [0.29, 0.717) is 18.5 Å². The zero-order valence-corrected chi connectivity index (χ0v) is 13.5. The summed E-state index contributed by atoms with van der Waals surface area (Å²) in [4.78, 5) is 16.3. The molecule has 5 nitrogen and oxygen atoms in total. The SMILES string of the molecule is O=C(Nc1ccc(Cn2cncn2)cc1)C1CC1c1ccccc1F. The normalized spacial score (nSPS) is 18.8. The average molecular weight is 336 g/mol. The molecule has 1 saturated carbocycles. The van der Waals surface area contributed by atoms with Crippen molar-refractivity contribution in [2.75, 3.05) is 5.32 Å². The zero-order valence-electron chi connectivity index (χ0n) is 13.5. The predicted octanol–water partition coefficient (Wildman–Crippen LogP) is 3.21. The number of rotatable bonds is 5. The van der Waals surface area contributed by atoms with Crippen LogP contribution in [0.4, 0.5) is 10.1 Å². The minimum atomic E-state index is -0.236. The fourth-order valence-electron chi connectivity index (χ4n) is 3.03. The third kappa shape index (κ3) is 3.42. The number of nitrogens with one attached hydrogen (secondary N) is 1. The molecule has 0 saturated heterocycles. The first-order valence-corrected chi connectivity index (χ1v) is 8.17. The molecule has 2 aromatic carbocycles. The first kappa shape index (κ1) is 15.5. The average Bonchev–Trinajstić information content (AvgIpc) is 3.25. The molecule has 1 heterocycles. The van der Waals surface area contributed by atoms with Gasteiger partial charge in [0.2, 0.25) is 5.91 Å². The Kier molecular flexibility index (Phi) is 4.01. The van der Waals surface area contributed by atoms with E-state index >= 15 is 0 Å². The molecule has 126 valence electrons. The van der Waals surface area contributed by atoms with Crippen LogP contribution < -0.4 is 5.32 Å². The number of amides is 1. The third-order valence-corrected chi connectivity index (χ3v) is 4.46. The molecule has 0 aliphatic heterocycles. The molecule has 0 spiro atoms. The summed E-state index contributed by atoms with van der Waals surface area (Å²) < 4.78 is 15.5. The quantitative estimate of drug-likeness (QED) is 0.778. The first-order valence-electron chi connectivity index (χ1n) is 8.17. The molecular weight excluding hydrogens is 319 g/mol. The highest BCUT2D eigenvalue weighted by Crippen LogP contribution is 2.48. The van der Waals surface area contributed by atoms with Gasteiger partial charge in [0.1, 0.15) is 18.5 Å². The largest absolute Gasteiger partial charge is 0.326 e. The van der Waals surface area contributed by atoms with Gasteiger partial charge in [-0.2, -0.15) is 5.10 Å². The van der Waals surface area contributed by atoms with Crippen molar-refractivity contribution in [3.05, 3.63) is 78.1 Å². The number of hydrogen-bond acceptors (Lipinski definition) is 3. The summed E-state index contributed by atoms with van der Waals surface area (Å²) in [6.45, 7) is 0.631. The molecule has 2 atom stereocenters. The van der Waals surface area contributed by atoms with E-state index in [4.69, 9.17) is 0 Å². The molecule has 3 aromatic rings. The molecule has 0 radical (unpaired) electrons. The summed E-state index contributed by atoms with van der Waals surface area (Å²) in [5.74, 6) is -0.475. The number of benzene rings is 2. The van der Waals surface area contributed by atoms with Gasteiger partial charge in [0.25, 0.3) is 0 Å². The summed E-state index contributed by atoms with van der Waals surface area (Å²) in [6.07, 6.45) is 3.85. The topological polar surface area (TPSA) is 59.8 Å². The Bertz CT molecular complexity index is 877. The molecule has 2 unspecified atom stereocenters. The summed E-state index contributed by atoms with van der Waals surface area (Å²) in [5, 5.41) is 6.98. The monoisotopic (exact) mass is 336 g/mol. The molecule has 1 aliphatic carbocycles. The van der Waals surface area contributed by atoms with Crippen LogP contribution in [0.25, 0.3) is 0 Å². The third-order valence-electron chi connectivity index (χ3n) is 4.46. The first-order chi connectivity index (χ1) is 12.2. The van der Waals surface area contributed by atoms with Gasteiger partial charge in [0, 0.05) is 11.6 Å². The van der Waals surface area contributed by atoms with E-state index in [-0.39, 0.29) is 23.6 Å². The Labute approximate surface area is 144 Å². The molecule has 25 heavy (non-hydrogen) atoms. The van der Waals surface area contributed by atoms with Crippen molar-refractivity contribution < 1.29 is 9.18 Å². The maximum Gasteiger partial charge on any atom is 0.228 e. The standard InChI is InChI=1S/C19H17FN4O/c20-18-4-2-1-3-15(18)16-9-17(16)19(25)23-14-7-5-13(6-8-14)10-24-12-21-11-22-24/h1-8,11-12,16-17H,9-10H2,(H,23,25). The Morgan fingerprint density at radius 1 is 1.20 bits per heavy atom. The van der Waals surface area contributed by atoms with E-state index in [0.717, 1.165) is 11.3 Å². The molecule has 4 rings (SSSR count). The van der Waals surface area contributed by atoms with E-state index in [1.54, 1.807) is 29.2 Å². The maximum atomic E-state index is 13.8. The van der Waals surface area contributed by atoms with Crippen LogP contribution in [0.2, 0.25) is 0 Å². The zero-order chi connectivity index (χ0) is 17.2. The van der Waals surface area contributed by atoms with Gasteiger partial charge in [-0.3, -0.25) is 4.79 Å². The van der Waals surface area contributed by atoms with Gasteiger partial charge in [-0.05, 0) is 41.7 Å². The van der Waals surface area contributed by atoms with Crippen molar-refractivity contribution in [2.45, 2.75) is 18.9 Å². The Balaban J connectivity index is 1.36. The van der Waals surface area contributed by atoms with E-state index in [1.807, 2.05) is 24.3 Å². The van der Waals surface area contributed by atoms with Crippen LogP contribution in [-0.4, -0.2) is 20.7 Å². The van der Waals surface area contributed by atoms with E-state index < -0.39 is 0 Å². The minimum Gasteiger partial charge on any atom is -0.326 e. The highest BCUT2D eigenvalue weighted by atomic mass is 19.1. The van der Waals surface area contributed by atoms with Crippen molar-refractivity contribution in [3.63, 3.8) is 0 Å². The van der Waals surface area contributed by atoms with Crippen molar-refractivity contribution in [1.82, 2.24) is 14.8 Å². The number of carbonyl (C=O) groups excluding carboxylic acids is 1. The fourth-order valence-corrected chi connectivity index (χ4v) is 3.03. The van der Waals surface area contributed by atoms with Gasteiger partial charge in [-0.25, -0.2) is 14.1 Å². The second-order valence-corrected chi connectivity index (χ2v) is 6.25. The second-order valence-electron chi connectivity index (χ2n) is 6.25. The van der Waals surface area contributed by atoms with Crippen molar-refractivity contribution in [2.24, 2.45) is 5.92 Å². The van der Waals surface area contributed by atoms with Gasteiger partial charge in [0.15, 0.2) is 0 Å². The lowest BCUT2D eigenvalue weighted by molar-refractivity contribution is -0.117. The van der Waals surface area contributed by atoms with Gasteiger partial charge >= 0.3 is 0 Å².